The normalized spacial score (nSPS) is 11.4. The van der Waals surface area contributed by atoms with Gasteiger partial charge in [-0.05, 0) is 55.7 Å². The minimum absolute atomic E-state index is 0.261. The Morgan fingerprint density at radius 1 is 1.10 bits per heavy atom. The van der Waals surface area contributed by atoms with Gasteiger partial charge in [-0.3, -0.25) is 0 Å². The van der Waals surface area contributed by atoms with E-state index in [9.17, 15) is 18.3 Å². The molecular formula is C23H26N2O4S. The molecule has 0 aliphatic heterocycles. The van der Waals surface area contributed by atoms with E-state index in [1.807, 2.05) is 56.4 Å². The summed E-state index contributed by atoms with van der Waals surface area (Å²) in [5.41, 5.74) is 4.70. The van der Waals surface area contributed by atoms with Crippen LogP contribution < -0.4 is 0 Å². The number of amides is 1. The van der Waals surface area contributed by atoms with Crippen LogP contribution in [0.1, 0.15) is 18.2 Å². The highest BCUT2D eigenvalue weighted by Crippen LogP contribution is 2.32. The van der Waals surface area contributed by atoms with E-state index in [0.717, 1.165) is 28.1 Å². The van der Waals surface area contributed by atoms with Crippen molar-refractivity contribution < 1.29 is 18.3 Å². The highest BCUT2D eigenvalue weighted by atomic mass is 32.2. The van der Waals surface area contributed by atoms with Crippen LogP contribution in [0.15, 0.2) is 65.7 Å². The van der Waals surface area contributed by atoms with Gasteiger partial charge in [-0.1, -0.05) is 30.3 Å². The van der Waals surface area contributed by atoms with Crippen LogP contribution in [0.2, 0.25) is 0 Å². The maximum absolute atomic E-state index is 12.0. The van der Waals surface area contributed by atoms with Gasteiger partial charge in [0.05, 0.1) is 4.90 Å². The molecular weight excluding hydrogens is 400 g/mol. The van der Waals surface area contributed by atoms with Crippen molar-refractivity contribution in [3.63, 3.8) is 0 Å². The summed E-state index contributed by atoms with van der Waals surface area (Å²) < 4.78 is 26.2. The van der Waals surface area contributed by atoms with Gasteiger partial charge in [0.2, 0.25) is 0 Å². The van der Waals surface area contributed by atoms with Gasteiger partial charge < -0.3 is 14.6 Å². The Balaban J connectivity index is 2.12. The molecule has 0 saturated carbocycles. The Morgan fingerprint density at radius 3 is 2.40 bits per heavy atom. The fourth-order valence-electron chi connectivity index (χ4n) is 3.60. The topological polar surface area (TPSA) is 79.6 Å². The van der Waals surface area contributed by atoms with E-state index >= 15 is 0 Å². The van der Waals surface area contributed by atoms with Crippen molar-refractivity contribution in [3.8, 4) is 16.8 Å². The van der Waals surface area contributed by atoms with Crippen LogP contribution in [0, 0.1) is 6.92 Å². The zero-order valence-electron chi connectivity index (χ0n) is 17.4. The summed E-state index contributed by atoms with van der Waals surface area (Å²) in [6.07, 6.45) is 2.78. The average Bonchev–Trinajstić information content (AvgIpc) is 3.05. The Hall–Kier alpha value is -3.06. The highest BCUT2D eigenvalue weighted by Gasteiger charge is 2.19. The average molecular weight is 427 g/mol. The van der Waals surface area contributed by atoms with Gasteiger partial charge in [-0.25, -0.2) is 13.2 Å². The molecule has 1 N–H and O–H groups in total. The minimum atomic E-state index is -3.34. The molecule has 0 aliphatic carbocycles. The molecule has 0 bridgehead atoms. The lowest BCUT2D eigenvalue weighted by Gasteiger charge is -2.17. The molecule has 6 nitrogen and oxygen atoms in total. The second-order valence-electron chi connectivity index (χ2n) is 7.22. The third kappa shape index (κ3) is 4.57. The maximum atomic E-state index is 12.0. The lowest BCUT2D eigenvalue weighted by atomic mass is 10.0. The van der Waals surface area contributed by atoms with Crippen molar-refractivity contribution in [2.45, 2.75) is 25.2 Å². The van der Waals surface area contributed by atoms with Crippen molar-refractivity contribution in [2.75, 3.05) is 19.3 Å². The molecule has 0 radical (unpaired) electrons. The number of aromatic nitrogens is 1. The standard InChI is InChI=1S/C23H26N2O4S/c1-4-24(23(26)27)14-13-21-17(2)25(19-10-6-5-7-11-19)16-22(21)18-9-8-12-20(15-18)30(3,28)29/h5-12,15-16H,4,13-14H2,1-3H3,(H,26,27). The molecule has 0 atom stereocenters. The summed E-state index contributed by atoms with van der Waals surface area (Å²) in [5.74, 6) is 0. The number of para-hydroxylation sites is 1. The number of nitrogens with zero attached hydrogens (tertiary/aromatic N) is 2. The minimum Gasteiger partial charge on any atom is -0.465 e. The van der Waals surface area contributed by atoms with Gasteiger partial charge in [-0.2, -0.15) is 0 Å². The zero-order chi connectivity index (χ0) is 21.9. The number of hydrogen-bond acceptors (Lipinski definition) is 3. The Kier molecular flexibility index (Phi) is 6.31. The molecule has 0 saturated heterocycles. The van der Waals surface area contributed by atoms with Crippen molar-refractivity contribution >= 4 is 15.9 Å². The largest absolute Gasteiger partial charge is 0.465 e. The molecule has 1 aromatic heterocycles. The summed E-state index contributed by atoms with van der Waals surface area (Å²) >= 11 is 0. The fourth-order valence-corrected chi connectivity index (χ4v) is 4.26. The molecule has 0 fully saturated rings. The summed E-state index contributed by atoms with van der Waals surface area (Å²) in [6, 6.07) is 16.8. The van der Waals surface area contributed by atoms with Crippen LogP contribution >= 0.6 is 0 Å². The SMILES string of the molecule is CCN(CCc1c(-c2cccc(S(C)(=O)=O)c2)cn(-c2ccccc2)c1C)C(=O)O. The van der Waals surface area contributed by atoms with Crippen molar-refractivity contribution in [1.82, 2.24) is 9.47 Å². The summed E-state index contributed by atoms with van der Waals surface area (Å²) in [7, 11) is -3.34. The third-order valence-electron chi connectivity index (χ3n) is 5.27. The lowest BCUT2D eigenvalue weighted by Crippen LogP contribution is -2.31. The number of sulfone groups is 1. The molecule has 0 unspecified atom stereocenters. The van der Waals surface area contributed by atoms with E-state index in [2.05, 4.69) is 4.57 Å². The first kappa shape index (κ1) is 21.6. The Bertz CT molecular complexity index is 1150. The quantitative estimate of drug-likeness (QED) is 0.607. The smallest absolute Gasteiger partial charge is 0.407 e. The first-order chi connectivity index (χ1) is 14.2. The number of hydrogen-bond donors (Lipinski definition) is 1. The van der Waals surface area contributed by atoms with E-state index in [4.69, 9.17) is 0 Å². The third-order valence-corrected chi connectivity index (χ3v) is 6.38. The molecule has 0 spiro atoms. The van der Waals surface area contributed by atoms with Gasteiger partial charge in [0.25, 0.3) is 0 Å². The van der Waals surface area contributed by atoms with Crippen LogP contribution in [0.25, 0.3) is 16.8 Å². The van der Waals surface area contributed by atoms with Gasteiger partial charge in [0.1, 0.15) is 0 Å². The van der Waals surface area contributed by atoms with Gasteiger partial charge >= 0.3 is 6.09 Å². The second-order valence-corrected chi connectivity index (χ2v) is 9.24. The van der Waals surface area contributed by atoms with E-state index in [0.29, 0.717) is 19.5 Å². The van der Waals surface area contributed by atoms with Crippen LogP contribution in [-0.2, 0) is 16.3 Å². The van der Waals surface area contributed by atoms with Crippen LogP contribution in [0.5, 0.6) is 0 Å². The van der Waals surface area contributed by atoms with Crippen LogP contribution in [0.3, 0.4) is 0 Å². The monoisotopic (exact) mass is 426 g/mol. The molecule has 1 amide bonds. The van der Waals surface area contributed by atoms with Crippen molar-refractivity contribution in [3.05, 3.63) is 72.1 Å². The van der Waals surface area contributed by atoms with E-state index < -0.39 is 15.9 Å². The lowest BCUT2D eigenvalue weighted by molar-refractivity contribution is 0.148. The Morgan fingerprint density at radius 2 is 1.80 bits per heavy atom. The predicted octanol–water partition coefficient (Wildman–Crippen LogP) is 4.40. The molecule has 7 heteroatoms. The first-order valence-corrected chi connectivity index (χ1v) is 11.7. The summed E-state index contributed by atoms with van der Waals surface area (Å²) in [4.78, 5) is 13.1. The number of likely N-dealkylation sites (N-methyl/N-ethyl adjacent to an activating group) is 1. The summed E-state index contributed by atoms with van der Waals surface area (Å²) in [6.45, 7) is 4.59. The first-order valence-electron chi connectivity index (χ1n) is 9.77. The number of carboxylic acid groups (broad SMARTS) is 1. The molecule has 30 heavy (non-hydrogen) atoms. The van der Waals surface area contributed by atoms with E-state index in [1.165, 1.54) is 11.2 Å². The van der Waals surface area contributed by atoms with E-state index in [-0.39, 0.29) is 4.90 Å². The number of carbonyl (C=O) groups is 1. The highest BCUT2D eigenvalue weighted by molar-refractivity contribution is 7.90. The van der Waals surface area contributed by atoms with Gasteiger partial charge in [0.15, 0.2) is 9.84 Å². The Labute approximate surface area is 177 Å². The van der Waals surface area contributed by atoms with Crippen molar-refractivity contribution in [2.24, 2.45) is 0 Å². The summed E-state index contributed by atoms with van der Waals surface area (Å²) in [5, 5.41) is 9.37. The van der Waals surface area contributed by atoms with Crippen molar-refractivity contribution in [1.29, 1.82) is 0 Å². The molecule has 3 rings (SSSR count). The maximum Gasteiger partial charge on any atom is 0.407 e. The molecule has 158 valence electrons. The number of rotatable bonds is 7. The van der Waals surface area contributed by atoms with Crippen LogP contribution in [0.4, 0.5) is 4.79 Å². The number of benzene rings is 2. The molecule has 1 heterocycles. The predicted molar refractivity (Wildman–Crippen MR) is 118 cm³/mol. The van der Waals surface area contributed by atoms with Crippen LogP contribution in [-0.4, -0.2) is 48.4 Å². The second kappa shape index (κ2) is 8.75. The van der Waals surface area contributed by atoms with Gasteiger partial charge in [0, 0.05) is 42.5 Å². The van der Waals surface area contributed by atoms with Gasteiger partial charge in [-0.15, -0.1) is 0 Å². The fraction of sp³-hybridized carbons (Fsp3) is 0.261. The molecule has 0 aliphatic rings. The zero-order valence-corrected chi connectivity index (χ0v) is 18.2. The molecule has 2 aromatic carbocycles. The molecule has 3 aromatic rings. The van der Waals surface area contributed by atoms with E-state index in [1.54, 1.807) is 18.2 Å².